The van der Waals surface area contributed by atoms with E-state index in [0.717, 1.165) is 42.6 Å². The van der Waals surface area contributed by atoms with Gasteiger partial charge in [-0.05, 0) is 76.8 Å². The average molecular weight is 330 g/mol. The van der Waals surface area contributed by atoms with Crippen molar-refractivity contribution in [1.82, 2.24) is 0 Å². The van der Waals surface area contributed by atoms with Gasteiger partial charge in [0, 0.05) is 6.42 Å². The van der Waals surface area contributed by atoms with Crippen molar-refractivity contribution in [3.63, 3.8) is 0 Å². The average Bonchev–Trinajstić information content (AvgIpc) is 3.14. The van der Waals surface area contributed by atoms with Crippen LogP contribution in [-0.4, -0.2) is 0 Å². The number of rotatable bonds is 2. The lowest BCUT2D eigenvalue weighted by Gasteiger charge is -2.29. The molecule has 0 saturated carbocycles. The van der Waals surface area contributed by atoms with Crippen molar-refractivity contribution in [2.75, 3.05) is 0 Å². The zero-order valence-electron chi connectivity index (χ0n) is 14.0. The SMILES string of the molecule is Fc1cccc2c1CCc1c-2ccc2c1C(Cc1ccco1)CC=C2. The highest BCUT2D eigenvalue weighted by atomic mass is 19.1. The number of furan rings is 1. The molecule has 3 aromatic rings. The van der Waals surface area contributed by atoms with Crippen molar-refractivity contribution in [3.8, 4) is 11.1 Å². The predicted octanol–water partition coefficient (Wildman–Crippen LogP) is 5.93. The molecule has 0 fully saturated rings. The highest BCUT2D eigenvalue weighted by Gasteiger charge is 2.27. The van der Waals surface area contributed by atoms with Crippen LogP contribution in [0, 0.1) is 5.82 Å². The molecule has 0 bridgehead atoms. The van der Waals surface area contributed by atoms with Gasteiger partial charge in [-0.3, -0.25) is 0 Å². The zero-order chi connectivity index (χ0) is 16.8. The Balaban J connectivity index is 1.66. The van der Waals surface area contributed by atoms with Gasteiger partial charge in [-0.1, -0.05) is 36.4 Å². The van der Waals surface area contributed by atoms with Gasteiger partial charge in [0.25, 0.3) is 0 Å². The summed E-state index contributed by atoms with van der Waals surface area (Å²) in [4.78, 5) is 0. The second-order valence-corrected chi connectivity index (χ2v) is 6.98. The Morgan fingerprint density at radius 1 is 0.960 bits per heavy atom. The normalized spacial score (nSPS) is 17.7. The van der Waals surface area contributed by atoms with Crippen LogP contribution in [0.4, 0.5) is 4.39 Å². The molecular formula is C23H19FO. The Bertz CT molecular complexity index is 966. The van der Waals surface area contributed by atoms with E-state index in [4.69, 9.17) is 4.42 Å². The summed E-state index contributed by atoms with van der Waals surface area (Å²) in [5, 5.41) is 0. The van der Waals surface area contributed by atoms with Gasteiger partial charge in [0.15, 0.2) is 0 Å². The topological polar surface area (TPSA) is 13.1 Å². The molecule has 1 nitrogen and oxygen atoms in total. The molecule has 5 rings (SSSR count). The Hall–Kier alpha value is -2.61. The van der Waals surface area contributed by atoms with Gasteiger partial charge in [-0.15, -0.1) is 0 Å². The summed E-state index contributed by atoms with van der Waals surface area (Å²) in [6, 6.07) is 13.8. The standard InChI is InChI=1S/C23H19FO/c24-22-8-2-7-18-19-10-9-15-4-1-5-16(14-17-6-3-13-25-17)23(15)21(19)12-11-20(18)22/h1-4,6-10,13,16H,5,11-12,14H2. The fourth-order valence-electron chi connectivity index (χ4n) is 4.48. The molecular weight excluding hydrogens is 311 g/mol. The fraction of sp³-hybridized carbons (Fsp3) is 0.217. The summed E-state index contributed by atoms with van der Waals surface area (Å²) < 4.78 is 19.8. The molecule has 0 spiro atoms. The number of hydrogen-bond acceptors (Lipinski definition) is 1. The van der Waals surface area contributed by atoms with E-state index >= 15 is 0 Å². The van der Waals surface area contributed by atoms with Crippen LogP contribution < -0.4 is 0 Å². The first-order chi connectivity index (χ1) is 12.3. The zero-order valence-corrected chi connectivity index (χ0v) is 14.0. The quantitative estimate of drug-likeness (QED) is 0.568. The van der Waals surface area contributed by atoms with Crippen LogP contribution in [0.25, 0.3) is 17.2 Å². The largest absolute Gasteiger partial charge is 0.469 e. The van der Waals surface area contributed by atoms with E-state index in [1.807, 2.05) is 12.1 Å². The van der Waals surface area contributed by atoms with E-state index in [9.17, 15) is 4.39 Å². The Morgan fingerprint density at radius 2 is 1.84 bits per heavy atom. The highest BCUT2D eigenvalue weighted by Crippen LogP contribution is 2.43. The van der Waals surface area contributed by atoms with Crippen molar-refractivity contribution in [3.05, 3.63) is 88.6 Å². The molecule has 0 aliphatic heterocycles. The second kappa shape index (κ2) is 5.73. The molecule has 2 heteroatoms. The highest BCUT2D eigenvalue weighted by molar-refractivity contribution is 5.78. The summed E-state index contributed by atoms with van der Waals surface area (Å²) in [5.41, 5.74) is 7.28. The summed E-state index contributed by atoms with van der Waals surface area (Å²) in [5.74, 6) is 1.38. The van der Waals surface area contributed by atoms with E-state index in [1.165, 1.54) is 22.3 Å². The lowest BCUT2D eigenvalue weighted by Crippen LogP contribution is -2.15. The van der Waals surface area contributed by atoms with Crippen LogP contribution in [0.1, 0.15) is 40.4 Å². The maximum Gasteiger partial charge on any atom is 0.127 e. The maximum absolute atomic E-state index is 14.2. The number of hydrogen-bond donors (Lipinski definition) is 0. The number of benzene rings is 2. The number of allylic oxidation sites excluding steroid dienone is 1. The van der Waals surface area contributed by atoms with Gasteiger partial charge < -0.3 is 4.42 Å². The lowest BCUT2D eigenvalue weighted by atomic mass is 9.75. The van der Waals surface area contributed by atoms with Crippen LogP contribution in [0.3, 0.4) is 0 Å². The number of halogens is 1. The third-order valence-electron chi connectivity index (χ3n) is 5.58. The molecule has 1 aromatic heterocycles. The van der Waals surface area contributed by atoms with Crippen molar-refractivity contribution >= 4 is 6.08 Å². The third-order valence-corrected chi connectivity index (χ3v) is 5.58. The Kier molecular flexibility index (Phi) is 3.37. The van der Waals surface area contributed by atoms with Crippen molar-refractivity contribution < 1.29 is 8.81 Å². The lowest BCUT2D eigenvalue weighted by molar-refractivity contribution is 0.484. The fourth-order valence-corrected chi connectivity index (χ4v) is 4.48. The minimum Gasteiger partial charge on any atom is -0.469 e. The van der Waals surface area contributed by atoms with E-state index in [0.29, 0.717) is 5.92 Å². The minimum atomic E-state index is -0.0760. The third kappa shape index (κ3) is 2.36. The van der Waals surface area contributed by atoms with E-state index in [-0.39, 0.29) is 5.82 Å². The van der Waals surface area contributed by atoms with Crippen LogP contribution in [0.15, 0.2) is 59.2 Å². The van der Waals surface area contributed by atoms with E-state index < -0.39 is 0 Å². The first kappa shape index (κ1) is 14.7. The Labute approximate surface area is 146 Å². The molecule has 1 unspecified atom stereocenters. The van der Waals surface area contributed by atoms with E-state index in [2.05, 4.69) is 36.4 Å². The first-order valence-corrected chi connectivity index (χ1v) is 8.93. The molecule has 0 saturated heterocycles. The van der Waals surface area contributed by atoms with Crippen molar-refractivity contribution in [2.45, 2.75) is 31.6 Å². The van der Waals surface area contributed by atoms with Crippen molar-refractivity contribution in [2.24, 2.45) is 0 Å². The molecule has 0 N–H and O–H groups in total. The maximum atomic E-state index is 14.2. The van der Waals surface area contributed by atoms with Crippen LogP contribution in [-0.2, 0) is 19.3 Å². The minimum absolute atomic E-state index is 0.0760. The van der Waals surface area contributed by atoms with Crippen molar-refractivity contribution in [1.29, 1.82) is 0 Å². The molecule has 2 aliphatic carbocycles. The monoisotopic (exact) mass is 330 g/mol. The van der Waals surface area contributed by atoms with Gasteiger partial charge in [-0.2, -0.15) is 0 Å². The van der Waals surface area contributed by atoms with Gasteiger partial charge in [-0.25, -0.2) is 4.39 Å². The first-order valence-electron chi connectivity index (χ1n) is 8.93. The van der Waals surface area contributed by atoms with Crippen LogP contribution in [0.5, 0.6) is 0 Å². The molecule has 2 aliphatic rings. The molecule has 124 valence electrons. The molecule has 0 amide bonds. The van der Waals surface area contributed by atoms with Crippen LogP contribution in [0.2, 0.25) is 0 Å². The Morgan fingerprint density at radius 3 is 2.72 bits per heavy atom. The van der Waals surface area contributed by atoms with Gasteiger partial charge in [0.05, 0.1) is 6.26 Å². The number of fused-ring (bicyclic) bond motifs is 5. The van der Waals surface area contributed by atoms with Crippen LogP contribution >= 0.6 is 0 Å². The second-order valence-electron chi connectivity index (χ2n) is 6.98. The van der Waals surface area contributed by atoms with Gasteiger partial charge >= 0.3 is 0 Å². The molecule has 25 heavy (non-hydrogen) atoms. The molecule has 0 radical (unpaired) electrons. The van der Waals surface area contributed by atoms with Gasteiger partial charge in [0.1, 0.15) is 11.6 Å². The van der Waals surface area contributed by atoms with Gasteiger partial charge in [0.2, 0.25) is 0 Å². The summed E-state index contributed by atoms with van der Waals surface area (Å²) in [6.07, 6.45) is 9.87. The summed E-state index contributed by atoms with van der Waals surface area (Å²) >= 11 is 0. The smallest absolute Gasteiger partial charge is 0.127 e. The summed E-state index contributed by atoms with van der Waals surface area (Å²) in [7, 11) is 0. The predicted molar refractivity (Wildman–Crippen MR) is 98.0 cm³/mol. The van der Waals surface area contributed by atoms with E-state index in [1.54, 1.807) is 12.3 Å². The molecule has 1 atom stereocenters. The molecule has 2 aromatic carbocycles. The molecule has 1 heterocycles. The summed E-state index contributed by atoms with van der Waals surface area (Å²) in [6.45, 7) is 0.